The Balaban J connectivity index is 2.58. The molecule has 1 aromatic heterocycles. The van der Waals surface area contributed by atoms with Gasteiger partial charge in [-0.1, -0.05) is 6.92 Å². The molecule has 3 N–H and O–H groups in total. The van der Waals surface area contributed by atoms with E-state index in [1.807, 2.05) is 11.6 Å². The van der Waals surface area contributed by atoms with Gasteiger partial charge in [-0.3, -0.25) is 14.9 Å². The Morgan fingerprint density at radius 3 is 2.69 bits per heavy atom. The maximum atomic E-state index is 10.9. The van der Waals surface area contributed by atoms with Crippen molar-refractivity contribution < 1.29 is 4.79 Å². The van der Waals surface area contributed by atoms with Crippen LogP contribution in [0.3, 0.4) is 0 Å². The minimum atomic E-state index is -0.128. The third-order valence-corrected chi connectivity index (χ3v) is 2.82. The van der Waals surface area contributed by atoms with Crippen LogP contribution >= 0.6 is 0 Å². The Kier molecular flexibility index (Phi) is 4.49. The van der Waals surface area contributed by atoms with E-state index < -0.39 is 0 Å². The van der Waals surface area contributed by atoms with Crippen molar-refractivity contribution in [1.29, 1.82) is 0 Å². The maximum Gasteiger partial charge on any atom is 0.233 e. The van der Waals surface area contributed by atoms with Gasteiger partial charge in [0.05, 0.1) is 5.69 Å². The van der Waals surface area contributed by atoms with E-state index in [1.54, 1.807) is 0 Å². The van der Waals surface area contributed by atoms with Crippen LogP contribution < -0.4 is 11.3 Å². The fourth-order valence-corrected chi connectivity index (χ4v) is 1.92. The van der Waals surface area contributed by atoms with Gasteiger partial charge in [0, 0.05) is 18.7 Å². The Labute approximate surface area is 96.0 Å². The van der Waals surface area contributed by atoms with Crippen LogP contribution in [0.4, 0.5) is 0 Å². The highest BCUT2D eigenvalue weighted by atomic mass is 16.2. The summed E-state index contributed by atoms with van der Waals surface area (Å²) in [5.74, 6) is 4.88. The van der Waals surface area contributed by atoms with Crippen molar-refractivity contribution in [1.82, 2.24) is 15.2 Å². The molecular formula is C11H20N4O. The largest absolute Gasteiger partial charge is 0.294 e. The van der Waals surface area contributed by atoms with Gasteiger partial charge in [-0.2, -0.15) is 5.10 Å². The van der Waals surface area contributed by atoms with Crippen molar-refractivity contribution in [2.75, 3.05) is 0 Å². The first-order chi connectivity index (χ1) is 7.60. The second-order valence-corrected chi connectivity index (χ2v) is 3.90. The summed E-state index contributed by atoms with van der Waals surface area (Å²) < 4.78 is 1.97. The van der Waals surface area contributed by atoms with Crippen molar-refractivity contribution in [2.45, 2.75) is 46.6 Å². The number of amides is 1. The average Bonchev–Trinajstić information content (AvgIpc) is 2.53. The fourth-order valence-electron chi connectivity index (χ4n) is 1.92. The lowest BCUT2D eigenvalue weighted by molar-refractivity contribution is -0.121. The molecule has 0 fully saturated rings. The van der Waals surface area contributed by atoms with Gasteiger partial charge in [-0.25, -0.2) is 5.84 Å². The van der Waals surface area contributed by atoms with Crippen LogP contribution in [-0.2, 0) is 17.8 Å². The van der Waals surface area contributed by atoms with Crippen molar-refractivity contribution in [3.8, 4) is 0 Å². The second kappa shape index (κ2) is 5.65. The normalized spacial score (nSPS) is 10.5. The summed E-state index contributed by atoms with van der Waals surface area (Å²) in [4.78, 5) is 10.9. The Bertz CT molecular complexity index is 370. The van der Waals surface area contributed by atoms with Gasteiger partial charge < -0.3 is 0 Å². The molecule has 1 aromatic rings. The summed E-state index contributed by atoms with van der Waals surface area (Å²) in [6, 6.07) is 0. The first-order valence-electron chi connectivity index (χ1n) is 5.62. The second-order valence-electron chi connectivity index (χ2n) is 3.90. The van der Waals surface area contributed by atoms with Crippen LogP contribution in [0.5, 0.6) is 0 Å². The molecule has 1 rings (SSSR count). The molecule has 0 radical (unpaired) electrons. The number of carbonyl (C=O) groups excluding carboxylic acids is 1. The van der Waals surface area contributed by atoms with Gasteiger partial charge in [0.1, 0.15) is 0 Å². The van der Waals surface area contributed by atoms with E-state index in [-0.39, 0.29) is 5.91 Å². The van der Waals surface area contributed by atoms with E-state index in [9.17, 15) is 4.79 Å². The molecule has 0 saturated heterocycles. The molecule has 0 saturated carbocycles. The lowest BCUT2D eigenvalue weighted by Gasteiger charge is -2.04. The average molecular weight is 224 g/mol. The van der Waals surface area contributed by atoms with Crippen LogP contribution in [0.25, 0.3) is 0 Å². The van der Waals surface area contributed by atoms with E-state index in [1.165, 1.54) is 11.3 Å². The number of hydrogen-bond donors (Lipinski definition) is 2. The van der Waals surface area contributed by atoms with E-state index in [2.05, 4.69) is 24.4 Å². The smallest absolute Gasteiger partial charge is 0.233 e. The van der Waals surface area contributed by atoms with Crippen LogP contribution in [0.2, 0.25) is 0 Å². The number of nitrogens with one attached hydrogen (secondary N) is 1. The summed E-state index contributed by atoms with van der Waals surface area (Å²) >= 11 is 0. The van der Waals surface area contributed by atoms with Gasteiger partial charge in [0.15, 0.2) is 0 Å². The molecule has 0 atom stereocenters. The summed E-state index contributed by atoms with van der Waals surface area (Å²) in [5.41, 5.74) is 5.72. The molecule has 0 bridgehead atoms. The fraction of sp³-hybridized carbons (Fsp3) is 0.636. The molecule has 5 heteroatoms. The summed E-state index contributed by atoms with van der Waals surface area (Å²) in [6.07, 6.45) is 2.20. The Morgan fingerprint density at radius 2 is 2.19 bits per heavy atom. The van der Waals surface area contributed by atoms with Crippen molar-refractivity contribution in [2.24, 2.45) is 5.84 Å². The van der Waals surface area contributed by atoms with Gasteiger partial charge in [-0.15, -0.1) is 0 Å². The first-order valence-corrected chi connectivity index (χ1v) is 5.62. The number of rotatable bonds is 5. The predicted molar refractivity (Wildman–Crippen MR) is 62.6 cm³/mol. The molecule has 0 unspecified atom stereocenters. The lowest BCUT2D eigenvalue weighted by Crippen LogP contribution is -2.29. The zero-order valence-electron chi connectivity index (χ0n) is 10.2. The number of nitrogens with zero attached hydrogens (tertiary/aromatic N) is 2. The summed E-state index contributed by atoms with van der Waals surface area (Å²) in [5, 5.41) is 4.46. The monoisotopic (exact) mass is 224 g/mol. The predicted octanol–water partition coefficient (Wildman–Crippen LogP) is 0.832. The van der Waals surface area contributed by atoms with Crippen LogP contribution in [0.1, 0.15) is 36.7 Å². The minimum absolute atomic E-state index is 0.128. The van der Waals surface area contributed by atoms with Crippen LogP contribution in [-0.4, -0.2) is 15.7 Å². The highest BCUT2D eigenvalue weighted by Gasteiger charge is 2.09. The minimum Gasteiger partial charge on any atom is -0.294 e. The lowest BCUT2D eigenvalue weighted by atomic mass is 10.1. The van der Waals surface area contributed by atoms with E-state index >= 15 is 0 Å². The maximum absolute atomic E-state index is 10.9. The molecule has 5 nitrogen and oxygen atoms in total. The van der Waals surface area contributed by atoms with Crippen molar-refractivity contribution >= 4 is 5.91 Å². The van der Waals surface area contributed by atoms with E-state index in [4.69, 9.17) is 5.84 Å². The standard InChI is InChI=1S/C11H20N4O/c1-4-10-8(2)14-15(9(10)3)7-5-6-11(16)13-12/h4-7,12H2,1-3H3,(H,13,16). The Hall–Kier alpha value is -1.36. The summed E-state index contributed by atoms with van der Waals surface area (Å²) in [6.45, 7) is 6.99. The molecule has 16 heavy (non-hydrogen) atoms. The number of hydrogen-bond acceptors (Lipinski definition) is 3. The number of hydrazine groups is 1. The zero-order valence-corrected chi connectivity index (χ0v) is 10.2. The summed E-state index contributed by atoms with van der Waals surface area (Å²) in [7, 11) is 0. The highest BCUT2D eigenvalue weighted by Crippen LogP contribution is 2.13. The Morgan fingerprint density at radius 1 is 1.50 bits per heavy atom. The quantitative estimate of drug-likeness (QED) is 0.442. The number of carbonyl (C=O) groups is 1. The van der Waals surface area contributed by atoms with Gasteiger partial charge in [0.25, 0.3) is 0 Å². The van der Waals surface area contributed by atoms with Gasteiger partial charge in [0.2, 0.25) is 5.91 Å². The molecule has 0 aliphatic rings. The molecule has 1 amide bonds. The first kappa shape index (κ1) is 12.7. The van der Waals surface area contributed by atoms with Crippen LogP contribution in [0.15, 0.2) is 0 Å². The van der Waals surface area contributed by atoms with Gasteiger partial charge >= 0.3 is 0 Å². The third-order valence-electron chi connectivity index (χ3n) is 2.82. The molecule has 0 aliphatic carbocycles. The molecule has 0 aromatic carbocycles. The molecule has 90 valence electrons. The molecular weight excluding hydrogens is 204 g/mol. The van der Waals surface area contributed by atoms with Crippen molar-refractivity contribution in [3.63, 3.8) is 0 Å². The van der Waals surface area contributed by atoms with Crippen LogP contribution in [0, 0.1) is 13.8 Å². The molecule has 0 spiro atoms. The molecule has 0 aliphatic heterocycles. The van der Waals surface area contributed by atoms with E-state index in [0.29, 0.717) is 6.42 Å². The van der Waals surface area contributed by atoms with Gasteiger partial charge in [-0.05, 0) is 32.3 Å². The zero-order chi connectivity index (χ0) is 12.1. The number of aromatic nitrogens is 2. The third kappa shape index (κ3) is 2.82. The van der Waals surface area contributed by atoms with Crippen molar-refractivity contribution in [3.05, 3.63) is 17.0 Å². The highest BCUT2D eigenvalue weighted by molar-refractivity contribution is 5.75. The van der Waals surface area contributed by atoms with E-state index in [0.717, 1.165) is 25.1 Å². The topological polar surface area (TPSA) is 72.9 Å². The SMILES string of the molecule is CCc1c(C)nn(CCCC(=O)NN)c1C. The number of nitrogens with two attached hydrogens (primary N) is 1. The molecule has 1 heterocycles. The number of aryl methyl sites for hydroxylation is 2.